The number of nitrogens with zero attached hydrogens (tertiary/aromatic N) is 1. The lowest BCUT2D eigenvalue weighted by Gasteiger charge is -1.93. The molecule has 0 radical (unpaired) electrons. The molecule has 0 aliphatic carbocycles. The van der Waals surface area contributed by atoms with Crippen molar-refractivity contribution >= 4 is 50.7 Å². The first-order chi connectivity index (χ1) is 7.75. The summed E-state index contributed by atoms with van der Waals surface area (Å²) in [7, 11) is 0. The molecule has 0 aliphatic heterocycles. The Morgan fingerprint density at radius 3 is 3.00 bits per heavy atom. The highest BCUT2D eigenvalue weighted by Crippen LogP contribution is 2.17. The van der Waals surface area contributed by atoms with Gasteiger partial charge in [0.15, 0.2) is 0 Å². The molecule has 2 rings (SSSR count). The number of hydrazone groups is 1. The smallest absolute Gasteiger partial charge is 0.266 e. The van der Waals surface area contributed by atoms with Crippen LogP contribution in [0.1, 0.15) is 14.5 Å². The van der Waals surface area contributed by atoms with Crippen molar-refractivity contribution in [3.8, 4) is 0 Å². The van der Waals surface area contributed by atoms with E-state index in [4.69, 9.17) is 0 Å². The molecule has 0 saturated heterocycles. The highest BCUT2D eigenvalue weighted by molar-refractivity contribution is 9.10. The van der Waals surface area contributed by atoms with Gasteiger partial charge in [-0.2, -0.15) is 5.10 Å². The third-order valence-electron chi connectivity index (χ3n) is 1.69. The number of rotatable bonds is 3. The summed E-state index contributed by atoms with van der Waals surface area (Å²) >= 11 is 6.29. The third kappa shape index (κ3) is 3.01. The second kappa shape index (κ2) is 5.38. The van der Waals surface area contributed by atoms with Crippen LogP contribution in [0.2, 0.25) is 0 Å². The van der Waals surface area contributed by atoms with E-state index in [1.165, 1.54) is 11.3 Å². The van der Waals surface area contributed by atoms with E-state index in [-0.39, 0.29) is 5.91 Å². The molecule has 0 bridgehead atoms. The van der Waals surface area contributed by atoms with Crippen LogP contribution in [0.25, 0.3) is 0 Å². The van der Waals surface area contributed by atoms with Crippen LogP contribution in [0.5, 0.6) is 0 Å². The summed E-state index contributed by atoms with van der Waals surface area (Å²) in [5, 5.41) is 7.70. The van der Waals surface area contributed by atoms with E-state index in [1.54, 1.807) is 23.6 Å². The Labute approximate surface area is 109 Å². The Bertz CT molecular complexity index is 505. The monoisotopic (exact) mass is 314 g/mol. The Kier molecular flexibility index (Phi) is 3.87. The van der Waals surface area contributed by atoms with E-state index in [1.807, 2.05) is 22.9 Å². The molecule has 2 heterocycles. The normalized spacial score (nSPS) is 10.8. The molecular formula is C10H7BrN2OS2. The number of amides is 1. The van der Waals surface area contributed by atoms with Crippen LogP contribution >= 0.6 is 38.6 Å². The summed E-state index contributed by atoms with van der Waals surface area (Å²) in [5.74, 6) is -0.179. The Morgan fingerprint density at radius 2 is 2.38 bits per heavy atom. The highest BCUT2D eigenvalue weighted by Gasteiger charge is 2.03. The number of hydrogen-bond donors (Lipinski definition) is 1. The number of halogens is 1. The fraction of sp³-hybridized carbons (Fsp3) is 0. The molecule has 16 heavy (non-hydrogen) atoms. The first-order valence-electron chi connectivity index (χ1n) is 4.36. The van der Waals surface area contributed by atoms with Gasteiger partial charge in [-0.05, 0) is 33.4 Å². The van der Waals surface area contributed by atoms with Crippen LogP contribution in [0, 0.1) is 0 Å². The van der Waals surface area contributed by atoms with Gasteiger partial charge in [0.25, 0.3) is 5.91 Å². The van der Waals surface area contributed by atoms with Gasteiger partial charge in [0.05, 0.1) is 11.1 Å². The molecular weight excluding hydrogens is 308 g/mol. The maximum atomic E-state index is 11.5. The van der Waals surface area contributed by atoms with Crippen molar-refractivity contribution in [1.29, 1.82) is 0 Å². The van der Waals surface area contributed by atoms with Crippen LogP contribution in [-0.2, 0) is 0 Å². The summed E-state index contributed by atoms with van der Waals surface area (Å²) in [5.41, 5.74) is 2.48. The van der Waals surface area contributed by atoms with Gasteiger partial charge in [0, 0.05) is 14.7 Å². The lowest BCUT2D eigenvalue weighted by atomic mass is 10.4. The molecule has 1 N–H and O–H groups in total. The summed E-state index contributed by atoms with van der Waals surface area (Å²) in [6.45, 7) is 0. The molecule has 0 saturated carbocycles. The van der Waals surface area contributed by atoms with E-state index < -0.39 is 0 Å². The van der Waals surface area contributed by atoms with Gasteiger partial charge < -0.3 is 0 Å². The van der Waals surface area contributed by atoms with E-state index in [9.17, 15) is 4.79 Å². The highest BCUT2D eigenvalue weighted by atomic mass is 79.9. The first-order valence-corrected chi connectivity index (χ1v) is 6.92. The minimum absolute atomic E-state index is 0.179. The second-order valence-electron chi connectivity index (χ2n) is 2.84. The van der Waals surface area contributed by atoms with Gasteiger partial charge in [-0.3, -0.25) is 4.79 Å². The topological polar surface area (TPSA) is 41.5 Å². The van der Waals surface area contributed by atoms with Crippen molar-refractivity contribution in [2.75, 3.05) is 0 Å². The van der Waals surface area contributed by atoms with Gasteiger partial charge in [-0.25, -0.2) is 5.43 Å². The number of carbonyl (C=O) groups excluding carboxylic acids is 1. The third-order valence-corrected chi connectivity index (χ3v) is 4.19. The molecule has 2 aromatic rings. The van der Waals surface area contributed by atoms with E-state index in [0.29, 0.717) is 4.88 Å². The van der Waals surface area contributed by atoms with Gasteiger partial charge in [-0.15, -0.1) is 22.7 Å². The molecule has 3 nitrogen and oxygen atoms in total. The number of nitrogens with one attached hydrogen (secondary N) is 1. The average Bonchev–Trinajstić information content (AvgIpc) is 2.89. The van der Waals surface area contributed by atoms with Gasteiger partial charge in [-0.1, -0.05) is 6.07 Å². The zero-order valence-electron chi connectivity index (χ0n) is 8.01. The number of hydrogen-bond acceptors (Lipinski definition) is 4. The fourth-order valence-corrected chi connectivity index (χ4v) is 2.93. The van der Waals surface area contributed by atoms with Crippen LogP contribution in [-0.4, -0.2) is 12.1 Å². The Hall–Kier alpha value is -0.980. The maximum Gasteiger partial charge on any atom is 0.281 e. The lowest BCUT2D eigenvalue weighted by Crippen LogP contribution is -2.15. The van der Waals surface area contributed by atoms with Crippen molar-refractivity contribution in [2.45, 2.75) is 0 Å². The molecule has 82 valence electrons. The number of thiophene rings is 2. The van der Waals surface area contributed by atoms with Gasteiger partial charge in [0.2, 0.25) is 0 Å². The molecule has 0 fully saturated rings. The van der Waals surface area contributed by atoms with E-state index >= 15 is 0 Å². The Morgan fingerprint density at radius 1 is 1.50 bits per heavy atom. The molecule has 0 aromatic carbocycles. The van der Waals surface area contributed by atoms with Gasteiger partial charge >= 0.3 is 0 Å². The molecule has 6 heteroatoms. The van der Waals surface area contributed by atoms with Crippen LogP contribution < -0.4 is 5.43 Å². The molecule has 0 aliphatic rings. The zero-order valence-corrected chi connectivity index (χ0v) is 11.2. The molecule has 0 atom stereocenters. The summed E-state index contributed by atoms with van der Waals surface area (Å²) in [4.78, 5) is 13.1. The van der Waals surface area contributed by atoms with Crippen LogP contribution in [0.3, 0.4) is 0 Å². The summed E-state index contributed by atoms with van der Waals surface area (Å²) in [6, 6.07) is 5.53. The maximum absolute atomic E-state index is 11.5. The standard InChI is InChI=1S/C10H7BrN2OS2/c11-7-4-8(16-6-7)5-12-13-10(14)9-2-1-3-15-9/h1-6H,(H,13,14)/b12-5+. The van der Waals surface area contributed by atoms with Crippen molar-refractivity contribution in [2.24, 2.45) is 5.10 Å². The van der Waals surface area contributed by atoms with Crippen molar-refractivity contribution in [1.82, 2.24) is 5.43 Å². The lowest BCUT2D eigenvalue weighted by molar-refractivity contribution is 0.0959. The molecule has 0 spiro atoms. The van der Waals surface area contributed by atoms with E-state index in [2.05, 4.69) is 26.5 Å². The zero-order chi connectivity index (χ0) is 11.4. The molecule has 2 aromatic heterocycles. The van der Waals surface area contributed by atoms with Gasteiger partial charge in [0.1, 0.15) is 0 Å². The largest absolute Gasteiger partial charge is 0.281 e. The van der Waals surface area contributed by atoms with Crippen molar-refractivity contribution < 1.29 is 4.79 Å². The number of carbonyl (C=O) groups is 1. The van der Waals surface area contributed by atoms with Crippen molar-refractivity contribution in [3.63, 3.8) is 0 Å². The fourth-order valence-electron chi connectivity index (χ4n) is 1.01. The average molecular weight is 315 g/mol. The first kappa shape index (κ1) is 11.5. The van der Waals surface area contributed by atoms with Crippen molar-refractivity contribution in [3.05, 3.63) is 43.2 Å². The predicted molar refractivity (Wildman–Crippen MR) is 71.4 cm³/mol. The molecule has 0 unspecified atom stereocenters. The Balaban J connectivity index is 1.93. The molecule has 1 amide bonds. The summed E-state index contributed by atoms with van der Waals surface area (Å²) in [6.07, 6.45) is 1.63. The minimum atomic E-state index is -0.179. The van der Waals surface area contributed by atoms with Crippen LogP contribution in [0.15, 0.2) is 38.5 Å². The quantitative estimate of drug-likeness (QED) is 0.685. The SMILES string of the molecule is O=C(N/N=C/c1cc(Br)cs1)c1cccs1. The second-order valence-corrected chi connectivity index (χ2v) is 5.65. The minimum Gasteiger partial charge on any atom is -0.266 e. The van der Waals surface area contributed by atoms with E-state index in [0.717, 1.165) is 9.35 Å². The predicted octanol–water partition coefficient (Wildman–Crippen LogP) is 3.34. The summed E-state index contributed by atoms with van der Waals surface area (Å²) < 4.78 is 1.02. The van der Waals surface area contributed by atoms with Crippen LogP contribution in [0.4, 0.5) is 0 Å².